The lowest BCUT2D eigenvalue weighted by molar-refractivity contribution is 1.14. The van der Waals surface area contributed by atoms with E-state index in [1.165, 1.54) is 6.20 Å². The van der Waals surface area contributed by atoms with Crippen molar-refractivity contribution in [1.82, 2.24) is 9.97 Å². The zero-order valence-corrected chi connectivity index (χ0v) is 5.28. The van der Waals surface area contributed by atoms with Gasteiger partial charge in [-0.3, -0.25) is 4.98 Å². The molecule has 0 atom stereocenters. The van der Waals surface area contributed by atoms with Crippen LogP contribution in [-0.4, -0.2) is 9.97 Å². The van der Waals surface area contributed by atoms with Gasteiger partial charge in [-0.2, -0.15) is 5.26 Å². The van der Waals surface area contributed by atoms with Gasteiger partial charge in [-0.1, -0.05) is 6.58 Å². The van der Waals surface area contributed by atoms with Gasteiger partial charge in [0.05, 0.1) is 18.1 Å². The summed E-state index contributed by atoms with van der Waals surface area (Å²) < 4.78 is 0. The molecule has 0 spiro atoms. The Hall–Kier alpha value is -1.69. The average Bonchev–Trinajstić information content (AvgIpc) is 2.05. The van der Waals surface area contributed by atoms with Crippen LogP contribution >= 0.6 is 0 Å². The summed E-state index contributed by atoms with van der Waals surface area (Å²) in [4.78, 5) is 7.64. The maximum Gasteiger partial charge on any atom is 0.159 e. The zero-order valence-electron chi connectivity index (χ0n) is 5.28. The number of rotatable bonds is 1. The maximum atomic E-state index is 8.37. The van der Waals surface area contributed by atoms with Gasteiger partial charge in [-0.25, -0.2) is 4.98 Å². The summed E-state index contributed by atoms with van der Waals surface area (Å²) in [7, 11) is 0. The minimum absolute atomic E-state index is 0.317. The molecule has 0 unspecified atom stereocenters. The molecule has 1 aromatic heterocycles. The molecule has 0 aliphatic heterocycles. The molecule has 0 saturated carbocycles. The first kappa shape index (κ1) is 6.43. The lowest BCUT2D eigenvalue weighted by atomic mass is 10.4. The molecule has 3 nitrogen and oxygen atoms in total. The monoisotopic (exact) mass is 131 g/mol. The number of aromatic nitrogens is 2. The lowest BCUT2D eigenvalue weighted by Crippen LogP contribution is -1.86. The summed E-state index contributed by atoms with van der Waals surface area (Å²) in [6.07, 6.45) is 4.51. The molecule has 1 aromatic rings. The summed E-state index contributed by atoms with van der Waals surface area (Å²) in [6, 6.07) is 1.88. The van der Waals surface area contributed by atoms with Crippen LogP contribution in [0.15, 0.2) is 19.0 Å². The highest BCUT2D eigenvalue weighted by Gasteiger charge is 1.90. The van der Waals surface area contributed by atoms with E-state index in [4.69, 9.17) is 5.26 Å². The molecule has 0 radical (unpaired) electrons. The number of hydrogen-bond acceptors (Lipinski definition) is 3. The fourth-order valence-electron chi connectivity index (χ4n) is 0.533. The van der Waals surface area contributed by atoms with Crippen molar-refractivity contribution in [3.05, 3.63) is 30.4 Å². The lowest BCUT2D eigenvalue weighted by Gasteiger charge is -1.88. The maximum absolute atomic E-state index is 8.37. The Bertz CT molecular complexity index is 285. The molecular formula is C7H5N3. The largest absolute Gasteiger partial charge is 0.259 e. The number of nitriles is 1. The van der Waals surface area contributed by atoms with E-state index >= 15 is 0 Å². The van der Waals surface area contributed by atoms with Gasteiger partial charge in [0.25, 0.3) is 0 Å². The Labute approximate surface area is 58.7 Å². The van der Waals surface area contributed by atoms with Gasteiger partial charge in [0.15, 0.2) is 5.69 Å². The van der Waals surface area contributed by atoms with Crippen molar-refractivity contribution >= 4 is 6.08 Å². The SMILES string of the molecule is C=Cc1cncc(C#N)n1. The highest BCUT2D eigenvalue weighted by atomic mass is 14.8. The summed E-state index contributed by atoms with van der Waals surface area (Å²) in [5.41, 5.74) is 0.941. The molecule has 0 fully saturated rings. The number of nitrogens with zero attached hydrogens (tertiary/aromatic N) is 3. The van der Waals surface area contributed by atoms with Crippen LogP contribution in [0.1, 0.15) is 11.4 Å². The van der Waals surface area contributed by atoms with Crippen molar-refractivity contribution in [2.24, 2.45) is 0 Å². The van der Waals surface area contributed by atoms with Gasteiger partial charge in [0.1, 0.15) is 6.07 Å². The van der Waals surface area contributed by atoms with Gasteiger partial charge >= 0.3 is 0 Å². The molecule has 0 bridgehead atoms. The van der Waals surface area contributed by atoms with E-state index in [1.807, 2.05) is 6.07 Å². The Balaban J connectivity index is 3.13. The van der Waals surface area contributed by atoms with E-state index in [0.29, 0.717) is 11.4 Å². The fourth-order valence-corrected chi connectivity index (χ4v) is 0.533. The fraction of sp³-hybridized carbons (Fsp3) is 0. The normalized spacial score (nSPS) is 8.30. The van der Waals surface area contributed by atoms with Crippen LogP contribution in [0, 0.1) is 11.3 Å². The minimum Gasteiger partial charge on any atom is -0.259 e. The van der Waals surface area contributed by atoms with Crippen LogP contribution in [0.5, 0.6) is 0 Å². The molecule has 0 aromatic carbocycles. The highest BCUT2D eigenvalue weighted by molar-refractivity contribution is 5.40. The van der Waals surface area contributed by atoms with Crippen LogP contribution in [-0.2, 0) is 0 Å². The summed E-state index contributed by atoms with van der Waals surface area (Å²) >= 11 is 0. The first-order chi connectivity index (χ1) is 4.86. The smallest absolute Gasteiger partial charge is 0.159 e. The van der Waals surface area contributed by atoms with E-state index in [-0.39, 0.29) is 0 Å². The van der Waals surface area contributed by atoms with E-state index in [1.54, 1.807) is 12.3 Å². The second kappa shape index (κ2) is 2.74. The standard InChI is InChI=1S/C7H5N3/c1-2-6-4-9-5-7(3-8)10-6/h2,4-5H,1H2. The third-order valence-corrected chi connectivity index (χ3v) is 0.977. The predicted octanol–water partition coefficient (Wildman–Crippen LogP) is 0.991. The van der Waals surface area contributed by atoms with Crippen LogP contribution < -0.4 is 0 Å². The Morgan fingerprint density at radius 3 is 3.00 bits per heavy atom. The molecule has 1 rings (SSSR count). The van der Waals surface area contributed by atoms with Gasteiger partial charge in [-0.15, -0.1) is 0 Å². The molecule has 0 saturated heterocycles. The third-order valence-electron chi connectivity index (χ3n) is 0.977. The van der Waals surface area contributed by atoms with Gasteiger partial charge in [-0.05, 0) is 6.08 Å². The van der Waals surface area contributed by atoms with Crippen LogP contribution in [0.3, 0.4) is 0 Å². The van der Waals surface area contributed by atoms with E-state index < -0.39 is 0 Å². The predicted molar refractivity (Wildman–Crippen MR) is 36.8 cm³/mol. The topological polar surface area (TPSA) is 49.6 Å². The summed E-state index contributed by atoms with van der Waals surface area (Å²) in [5, 5.41) is 8.37. The molecule has 0 aliphatic rings. The molecule has 0 amide bonds. The first-order valence-corrected chi connectivity index (χ1v) is 2.71. The average molecular weight is 131 g/mol. The van der Waals surface area contributed by atoms with Crippen molar-refractivity contribution in [3.8, 4) is 6.07 Å². The van der Waals surface area contributed by atoms with Crippen LogP contribution in [0.2, 0.25) is 0 Å². The summed E-state index contributed by atoms with van der Waals surface area (Å²) in [5.74, 6) is 0. The van der Waals surface area contributed by atoms with Crippen LogP contribution in [0.25, 0.3) is 6.08 Å². The zero-order chi connectivity index (χ0) is 7.40. The van der Waals surface area contributed by atoms with E-state index in [0.717, 1.165) is 0 Å². The second-order valence-electron chi connectivity index (χ2n) is 1.65. The van der Waals surface area contributed by atoms with Crippen molar-refractivity contribution in [2.75, 3.05) is 0 Å². The van der Waals surface area contributed by atoms with Gasteiger partial charge in [0, 0.05) is 0 Å². The van der Waals surface area contributed by atoms with Crippen molar-refractivity contribution in [1.29, 1.82) is 5.26 Å². The van der Waals surface area contributed by atoms with Gasteiger partial charge < -0.3 is 0 Å². The first-order valence-electron chi connectivity index (χ1n) is 2.71. The second-order valence-corrected chi connectivity index (χ2v) is 1.65. The Morgan fingerprint density at radius 1 is 1.60 bits per heavy atom. The van der Waals surface area contributed by atoms with Crippen molar-refractivity contribution in [2.45, 2.75) is 0 Å². The van der Waals surface area contributed by atoms with Crippen LogP contribution in [0.4, 0.5) is 0 Å². The third kappa shape index (κ3) is 1.17. The van der Waals surface area contributed by atoms with E-state index in [2.05, 4.69) is 16.5 Å². The van der Waals surface area contributed by atoms with E-state index in [9.17, 15) is 0 Å². The Morgan fingerprint density at radius 2 is 2.40 bits per heavy atom. The van der Waals surface area contributed by atoms with Crippen molar-refractivity contribution in [3.63, 3.8) is 0 Å². The van der Waals surface area contributed by atoms with Crippen molar-refractivity contribution < 1.29 is 0 Å². The minimum atomic E-state index is 0.317. The van der Waals surface area contributed by atoms with Gasteiger partial charge in [0.2, 0.25) is 0 Å². The molecule has 3 heteroatoms. The summed E-state index contributed by atoms with van der Waals surface area (Å²) in [6.45, 7) is 3.49. The molecule has 1 heterocycles. The molecular weight excluding hydrogens is 126 g/mol. The molecule has 10 heavy (non-hydrogen) atoms. The molecule has 0 N–H and O–H groups in total. The molecule has 0 aliphatic carbocycles. The highest BCUT2D eigenvalue weighted by Crippen LogP contribution is 1.94. The molecule has 48 valence electrons. The quantitative estimate of drug-likeness (QED) is 0.571. The Kier molecular flexibility index (Phi) is 1.76. The number of hydrogen-bond donors (Lipinski definition) is 0.